The first-order chi connectivity index (χ1) is 11.8. The molecule has 0 aromatic rings. The fraction of sp³-hybridized carbons (Fsp3) is 0.864. The number of Topliss-reactive ketones (excluding diaryl/α,β-unsaturated/α-hetero) is 1. The summed E-state index contributed by atoms with van der Waals surface area (Å²) < 4.78 is 5.57. The molecule has 0 amide bonds. The average molecular weight is 347 g/mol. The van der Waals surface area contributed by atoms with Gasteiger partial charge in [0.15, 0.2) is 0 Å². The molecular formula is C22H34O3. The molecule has 6 atom stereocenters. The van der Waals surface area contributed by atoms with E-state index >= 15 is 0 Å². The van der Waals surface area contributed by atoms with Crippen LogP contribution in [0.4, 0.5) is 0 Å². The summed E-state index contributed by atoms with van der Waals surface area (Å²) in [4.78, 5) is 12.5. The van der Waals surface area contributed by atoms with E-state index in [2.05, 4.69) is 19.9 Å². The minimum Gasteiger partial charge on any atom is -0.387 e. The number of carbonyl (C=O) groups excluding carboxylic acids is 1. The van der Waals surface area contributed by atoms with Gasteiger partial charge < -0.3 is 9.84 Å². The van der Waals surface area contributed by atoms with Crippen LogP contribution in [0, 0.1) is 28.6 Å². The fourth-order valence-corrected chi connectivity index (χ4v) is 6.80. The Kier molecular flexibility index (Phi) is 4.20. The number of aliphatic hydroxyl groups is 1. The van der Waals surface area contributed by atoms with Crippen LogP contribution in [0.3, 0.4) is 0 Å². The van der Waals surface area contributed by atoms with E-state index in [1.807, 2.05) is 6.92 Å². The van der Waals surface area contributed by atoms with Gasteiger partial charge in [0.2, 0.25) is 0 Å². The Morgan fingerprint density at radius 2 is 2.00 bits per heavy atom. The second-order valence-electron chi connectivity index (χ2n) is 9.71. The summed E-state index contributed by atoms with van der Waals surface area (Å²) >= 11 is 0. The second kappa shape index (κ2) is 5.92. The number of hydrogen-bond acceptors (Lipinski definition) is 3. The monoisotopic (exact) mass is 346 g/mol. The SMILES string of the molecule is CCOC[C@]1(O)CC[C@]2(C)C3=CC[C@]4(C)C(=O)CC[C@H]4[C@@H]3CC[C@@H]2C1. The van der Waals surface area contributed by atoms with Crippen LogP contribution >= 0.6 is 0 Å². The van der Waals surface area contributed by atoms with Crippen molar-refractivity contribution in [3.8, 4) is 0 Å². The van der Waals surface area contributed by atoms with Gasteiger partial charge in [0, 0.05) is 18.4 Å². The minimum absolute atomic E-state index is 0.0955. The van der Waals surface area contributed by atoms with Crippen molar-refractivity contribution in [3.05, 3.63) is 11.6 Å². The molecule has 3 heteroatoms. The molecule has 3 saturated carbocycles. The predicted molar refractivity (Wildman–Crippen MR) is 98.2 cm³/mol. The van der Waals surface area contributed by atoms with Crippen LogP contribution < -0.4 is 0 Å². The van der Waals surface area contributed by atoms with Gasteiger partial charge in [-0.25, -0.2) is 0 Å². The first kappa shape index (κ1) is 17.7. The maximum atomic E-state index is 12.5. The Morgan fingerprint density at radius 3 is 2.76 bits per heavy atom. The maximum absolute atomic E-state index is 12.5. The molecule has 3 nitrogen and oxygen atoms in total. The number of allylic oxidation sites excluding steroid dienone is 2. The second-order valence-corrected chi connectivity index (χ2v) is 9.71. The lowest BCUT2D eigenvalue weighted by atomic mass is 9.48. The summed E-state index contributed by atoms with van der Waals surface area (Å²) in [5.41, 5.74) is 1.12. The highest BCUT2D eigenvalue weighted by Crippen LogP contribution is 2.64. The zero-order chi connectivity index (χ0) is 17.9. The summed E-state index contributed by atoms with van der Waals surface area (Å²) in [5.74, 6) is 2.21. The molecule has 0 bridgehead atoms. The third kappa shape index (κ3) is 2.56. The van der Waals surface area contributed by atoms with E-state index in [1.54, 1.807) is 5.57 Å². The van der Waals surface area contributed by atoms with Crippen molar-refractivity contribution >= 4 is 5.78 Å². The molecule has 0 heterocycles. The Labute approximate surface area is 152 Å². The molecule has 0 aliphatic heterocycles. The third-order valence-corrected chi connectivity index (χ3v) is 8.47. The lowest BCUT2D eigenvalue weighted by Crippen LogP contribution is -2.52. The number of carbonyl (C=O) groups is 1. The van der Waals surface area contributed by atoms with Crippen molar-refractivity contribution in [2.45, 2.75) is 77.7 Å². The number of rotatable bonds is 3. The molecule has 0 unspecified atom stereocenters. The van der Waals surface area contributed by atoms with Gasteiger partial charge in [0.05, 0.1) is 12.2 Å². The quantitative estimate of drug-likeness (QED) is 0.776. The highest BCUT2D eigenvalue weighted by Gasteiger charge is 2.58. The summed E-state index contributed by atoms with van der Waals surface area (Å²) in [5, 5.41) is 11.0. The molecule has 1 N–H and O–H groups in total. The van der Waals surface area contributed by atoms with Gasteiger partial charge in [-0.15, -0.1) is 0 Å². The largest absolute Gasteiger partial charge is 0.387 e. The highest BCUT2D eigenvalue weighted by molar-refractivity contribution is 5.87. The number of fused-ring (bicyclic) bond motifs is 5. The van der Waals surface area contributed by atoms with Crippen molar-refractivity contribution in [1.82, 2.24) is 0 Å². The van der Waals surface area contributed by atoms with E-state index in [4.69, 9.17) is 4.74 Å². The molecule has 0 aromatic heterocycles. The third-order valence-electron chi connectivity index (χ3n) is 8.47. The fourth-order valence-electron chi connectivity index (χ4n) is 6.80. The average Bonchev–Trinajstić information content (AvgIpc) is 2.89. The molecule has 4 rings (SSSR count). The molecule has 0 aromatic carbocycles. The Morgan fingerprint density at radius 1 is 1.20 bits per heavy atom. The molecule has 3 fully saturated rings. The number of ketones is 1. The summed E-state index contributed by atoms with van der Waals surface area (Å²) in [6.07, 6.45) is 10.4. The molecule has 4 aliphatic carbocycles. The van der Waals surface area contributed by atoms with Crippen molar-refractivity contribution < 1.29 is 14.6 Å². The summed E-state index contributed by atoms with van der Waals surface area (Å²) in [6, 6.07) is 0. The molecule has 25 heavy (non-hydrogen) atoms. The van der Waals surface area contributed by atoms with Gasteiger partial charge in [-0.3, -0.25) is 4.79 Å². The van der Waals surface area contributed by atoms with Crippen molar-refractivity contribution in [1.29, 1.82) is 0 Å². The molecule has 4 aliphatic rings. The number of ether oxygens (including phenoxy) is 1. The Hall–Kier alpha value is -0.670. The molecule has 0 radical (unpaired) electrons. The van der Waals surface area contributed by atoms with Crippen LogP contribution in [0.5, 0.6) is 0 Å². The molecule has 0 saturated heterocycles. The summed E-state index contributed by atoms with van der Waals surface area (Å²) in [6.45, 7) is 7.81. The normalized spacial score (nSPS) is 49.2. The molecule has 0 spiro atoms. The van der Waals surface area contributed by atoms with E-state index in [9.17, 15) is 9.90 Å². The van der Waals surface area contributed by atoms with Crippen LogP contribution in [-0.4, -0.2) is 29.7 Å². The van der Waals surface area contributed by atoms with E-state index < -0.39 is 5.60 Å². The maximum Gasteiger partial charge on any atom is 0.139 e. The zero-order valence-corrected chi connectivity index (χ0v) is 16.1. The van der Waals surface area contributed by atoms with E-state index in [0.29, 0.717) is 36.8 Å². The lowest BCUT2D eigenvalue weighted by Gasteiger charge is -2.57. The van der Waals surface area contributed by atoms with Crippen LogP contribution in [-0.2, 0) is 9.53 Å². The van der Waals surface area contributed by atoms with Gasteiger partial charge >= 0.3 is 0 Å². The summed E-state index contributed by atoms with van der Waals surface area (Å²) in [7, 11) is 0. The standard InChI is InChI=1S/C22H34O3/c1-4-25-14-22(24)12-11-20(2)15(13-22)5-6-16-17-7-8-19(23)21(17,3)10-9-18(16)20/h9,15-17,24H,4-8,10-14H2,1-3H3/t15-,16+,17+,20+,21+,22+/m1/s1. The topological polar surface area (TPSA) is 46.5 Å². The van der Waals surface area contributed by atoms with Crippen molar-refractivity contribution in [2.24, 2.45) is 28.6 Å². The van der Waals surface area contributed by atoms with Crippen LogP contribution in [0.25, 0.3) is 0 Å². The Bertz CT molecular complexity index is 596. The first-order valence-corrected chi connectivity index (χ1v) is 10.4. The lowest BCUT2D eigenvalue weighted by molar-refractivity contribution is -0.128. The Balaban J connectivity index is 1.59. The minimum atomic E-state index is -0.639. The molecule has 140 valence electrons. The van der Waals surface area contributed by atoms with Crippen molar-refractivity contribution in [2.75, 3.05) is 13.2 Å². The van der Waals surface area contributed by atoms with Gasteiger partial charge in [-0.1, -0.05) is 25.5 Å². The van der Waals surface area contributed by atoms with Gasteiger partial charge in [-0.2, -0.15) is 0 Å². The van der Waals surface area contributed by atoms with E-state index in [1.165, 1.54) is 12.8 Å². The zero-order valence-electron chi connectivity index (χ0n) is 16.1. The number of hydrogen-bond donors (Lipinski definition) is 1. The van der Waals surface area contributed by atoms with Crippen LogP contribution in [0.2, 0.25) is 0 Å². The van der Waals surface area contributed by atoms with Gasteiger partial charge in [0.25, 0.3) is 0 Å². The highest BCUT2D eigenvalue weighted by atomic mass is 16.5. The molecular weight excluding hydrogens is 312 g/mol. The van der Waals surface area contributed by atoms with Crippen LogP contribution in [0.1, 0.15) is 72.1 Å². The van der Waals surface area contributed by atoms with Crippen LogP contribution in [0.15, 0.2) is 11.6 Å². The van der Waals surface area contributed by atoms with Gasteiger partial charge in [-0.05, 0) is 75.0 Å². The first-order valence-electron chi connectivity index (χ1n) is 10.4. The van der Waals surface area contributed by atoms with Crippen molar-refractivity contribution in [3.63, 3.8) is 0 Å². The van der Waals surface area contributed by atoms with Gasteiger partial charge in [0.1, 0.15) is 5.78 Å². The van der Waals surface area contributed by atoms with E-state index in [0.717, 1.165) is 38.5 Å². The smallest absolute Gasteiger partial charge is 0.139 e. The predicted octanol–water partition coefficient (Wildman–Crippen LogP) is 4.29. The van der Waals surface area contributed by atoms with E-state index in [-0.39, 0.29) is 10.8 Å².